The van der Waals surface area contributed by atoms with Crippen molar-refractivity contribution in [1.82, 2.24) is 10.3 Å². The molecule has 4 rings (SSSR count). The van der Waals surface area contributed by atoms with E-state index in [9.17, 15) is 9.59 Å². The predicted molar refractivity (Wildman–Crippen MR) is 135 cm³/mol. The van der Waals surface area contributed by atoms with Crippen LogP contribution in [0.1, 0.15) is 27.9 Å². The predicted octanol–water partition coefficient (Wildman–Crippen LogP) is 4.83. The Morgan fingerprint density at radius 2 is 1.56 bits per heavy atom. The van der Waals surface area contributed by atoms with Crippen LogP contribution in [0.2, 0.25) is 0 Å². The fourth-order valence-electron chi connectivity index (χ4n) is 3.58. The van der Waals surface area contributed by atoms with E-state index in [1.807, 2.05) is 42.5 Å². The molecule has 3 aromatic carbocycles. The lowest BCUT2D eigenvalue weighted by molar-refractivity contribution is -0.121. The van der Waals surface area contributed by atoms with E-state index in [-0.39, 0.29) is 17.6 Å². The van der Waals surface area contributed by atoms with Crippen LogP contribution in [-0.4, -0.2) is 16.8 Å². The molecule has 0 bridgehead atoms. The molecule has 2 amide bonds. The van der Waals surface area contributed by atoms with Crippen molar-refractivity contribution in [2.75, 3.05) is 11.1 Å². The number of pyridine rings is 1. The molecule has 0 fully saturated rings. The molecule has 0 radical (unpaired) electrons. The largest absolute Gasteiger partial charge is 0.382 e. The van der Waals surface area contributed by atoms with Crippen molar-refractivity contribution in [2.45, 2.75) is 19.4 Å². The highest BCUT2D eigenvalue weighted by atomic mass is 16.2. The highest BCUT2D eigenvalue weighted by molar-refractivity contribution is 6.05. The van der Waals surface area contributed by atoms with E-state index in [2.05, 4.69) is 39.9 Å². The van der Waals surface area contributed by atoms with E-state index in [4.69, 9.17) is 5.73 Å². The van der Waals surface area contributed by atoms with Gasteiger partial charge in [0.05, 0.1) is 5.69 Å². The number of hydrogen-bond donors (Lipinski definition) is 3. The maximum Gasteiger partial charge on any atom is 0.255 e. The van der Waals surface area contributed by atoms with Crippen LogP contribution in [0.5, 0.6) is 0 Å². The number of aromatic nitrogens is 1. The second-order valence-corrected chi connectivity index (χ2v) is 7.93. The number of nitrogens with zero attached hydrogens (tertiary/aromatic N) is 1. The van der Waals surface area contributed by atoms with Crippen LogP contribution in [0, 0.1) is 0 Å². The number of nitrogens with two attached hydrogens (primary N) is 1. The van der Waals surface area contributed by atoms with Crippen molar-refractivity contribution >= 4 is 23.3 Å². The highest BCUT2D eigenvalue weighted by Gasteiger charge is 2.09. The van der Waals surface area contributed by atoms with E-state index in [0.717, 1.165) is 22.3 Å². The number of rotatable bonds is 8. The third-order valence-corrected chi connectivity index (χ3v) is 5.47. The summed E-state index contributed by atoms with van der Waals surface area (Å²) in [4.78, 5) is 28.7. The smallest absolute Gasteiger partial charge is 0.255 e. The SMILES string of the molecule is Nc1ncccc1NC(=O)c1ccc(CNC(=O)CCc2cccc(-c3ccccc3)c2)cc1. The molecule has 0 aliphatic carbocycles. The first-order valence-electron chi connectivity index (χ1n) is 11.1. The molecule has 170 valence electrons. The molecule has 1 aromatic heterocycles. The Kier molecular flexibility index (Phi) is 7.30. The van der Waals surface area contributed by atoms with Crippen LogP contribution in [-0.2, 0) is 17.8 Å². The summed E-state index contributed by atoms with van der Waals surface area (Å²) in [6.45, 7) is 0.403. The number of hydrogen-bond acceptors (Lipinski definition) is 4. The lowest BCUT2D eigenvalue weighted by Crippen LogP contribution is -2.23. The first-order chi connectivity index (χ1) is 16.6. The Bertz CT molecular complexity index is 1270. The summed E-state index contributed by atoms with van der Waals surface area (Å²) in [7, 11) is 0. The average molecular weight is 451 g/mol. The number of carbonyl (C=O) groups excluding carboxylic acids is 2. The zero-order valence-corrected chi connectivity index (χ0v) is 18.7. The van der Waals surface area contributed by atoms with E-state index < -0.39 is 0 Å². The summed E-state index contributed by atoms with van der Waals surface area (Å²) >= 11 is 0. The fourth-order valence-corrected chi connectivity index (χ4v) is 3.58. The van der Waals surface area contributed by atoms with Gasteiger partial charge in [-0.2, -0.15) is 0 Å². The Morgan fingerprint density at radius 1 is 0.794 bits per heavy atom. The van der Waals surface area contributed by atoms with Crippen molar-refractivity contribution < 1.29 is 9.59 Å². The summed E-state index contributed by atoms with van der Waals surface area (Å²) < 4.78 is 0. The third-order valence-electron chi connectivity index (χ3n) is 5.47. The molecule has 0 saturated heterocycles. The van der Waals surface area contributed by atoms with E-state index in [1.165, 1.54) is 0 Å². The van der Waals surface area contributed by atoms with Crippen LogP contribution in [0.15, 0.2) is 97.2 Å². The highest BCUT2D eigenvalue weighted by Crippen LogP contribution is 2.20. The zero-order valence-electron chi connectivity index (χ0n) is 18.7. The van der Waals surface area contributed by atoms with Gasteiger partial charge < -0.3 is 16.4 Å². The summed E-state index contributed by atoms with van der Waals surface area (Å²) in [6, 6.07) is 29.0. The molecule has 4 aromatic rings. The van der Waals surface area contributed by atoms with Gasteiger partial charge in [0.25, 0.3) is 5.91 Å². The summed E-state index contributed by atoms with van der Waals surface area (Å²) in [5.74, 6) is -0.0195. The van der Waals surface area contributed by atoms with Crippen molar-refractivity contribution in [3.8, 4) is 11.1 Å². The maximum absolute atomic E-state index is 12.4. The Hall–Kier alpha value is -4.45. The Morgan fingerprint density at radius 3 is 2.32 bits per heavy atom. The molecule has 4 N–H and O–H groups in total. The topological polar surface area (TPSA) is 97.1 Å². The second-order valence-electron chi connectivity index (χ2n) is 7.93. The van der Waals surface area contributed by atoms with E-state index in [0.29, 0.717) is 30.6 Å². The minimum Gasteiger partial charge on any atom is -0.382 e. The molecule has 0 aliphatic rings. The summed E-state index contributed by atoms with van der Waals surface area (Å²) in [6.07, 6.45) is 2.64. The molecule has 0 atom stereocenters. The van der Waals surface area contributed by atoms with E-state index in [1.54, 1.807) is 30.5 Å². The number of aryl methyl sites for hydroxylation is 1. The molecule has 6 nitrogen and oxygen atoms in total. The number of nitrogen functional groups attached to an aromatic ring is 1. The average Bonchev–Trinajstić information content (AvgIpc) is 2.88. The lowest BCUT2D eigenvalue weighted by atomic mass is 10.0. The van der Waals surface area contributed by atoms with E-state index >= 15 is 0 Å². The number of carbonyl (C=O) groups is 2. The van der Waals surface area contributed by atoms with Gasteiger partial charge in [-0.3, -0.25) is 9.59 Å². The van der Waals surface area contributed by atoms with Crippen LogP contribution in [0.3, 0.4) is 0 Å². The van der Waals surface area contributed by atoms with Gasteiger partial charge in [0.15, 0.2) is 0 Å². The minimum absolute atomic E-state index is 0.0148. The molecule has 0 unspecified atom stereocenters. The molecular formula is C28H26N4O2. The van der Waals surface area contributed by atoms with Gasteiger partial charge in [-0.05, 0) is 52.9 Å². The quantitative estimate of drug-likeness (QED) is 0.358. The Balaban J connectivity index is 1.26. The molecule has 0 aliphatic heterocycles. The number of amides is 2. The molecule has 6 heteroatoms. The molecule has 0 saturated carbocycles. The van der Waals surface area contributed by atoms with Crippen molar-refractivity contribution in [2.24, 2.45) is 0 Å². The zero-order chi connectivity index (χ0) is 23.8. The first-order valence-corrected chi connectivity index (χ1v) is 11.1. The lowest BCUT2D eigenvalue weighted by Gasteiger charge is -2.09. The van der Waals surface area contributed by atoms with Crippen molar-refractivity contribution in [3.05, 3.63) is 114 Å². The molecule has 34 heavy (non-hydrogen) atoms. The van der Waals surface area contributed by atoms with Crippen molar-refractivity contribution in [3.63, 3.8) is 0 Å². The van der Waals surface area contributed by atoms with Gasteiger partial charge in [-0.15, -0.1) is 0 Å². The normalized spacial score (nSPS) is 10.5. The standard InChI is InChI=1S/C28H26N4O2/c29-27-25(10-5-17-30-27)32-28(34)23-14-11-21(12-15-23)19-31-26(33)16-13-20-6-4-9-24(18-20)22-7-2-1-3-8-22/h1-12,14-15,17-18H,13,16,19H2,(H2,29,30)(H,31,33)(H,32,34). The van der Waals surface area contributed by atoms with Gasteiger partial charge in [0, 0.05) is 24.7 Å². The first kappa shape index (κ1) is 22.7. The van der Waals surface area contributed by atoms with Gasteiger partial charge in [-0.1, -0.05) is 66.7 Å². The Labute approximate surface area is 198 Å². The van der Waals surface area contributed by atoms with Crippen LogP contribution in [0.4, 0.5) is 11.5 Å². The van der Waals surface area contributed by atoms with Gasteiger partial charge in [0.2, 0.25) is 5.91 Å². The molecule has 0 spiro atoms. The number of nitrogens with one attached hydrogen (secondary N) is 2. The monoisotopic (exact) mass is 450 g/mol. The van der Waals surface area contributed by atoms with Gasteiger partial charge >= 0.3 is 0 Å². The number of benzene rings is 3. The summed E-state index contributed by atoms with van der Waals surface area (Å²) in [5, 5.41) is 5.69. The second kappa shape index (κ2) is 10.9. The van der Waals surface area contributed by atoms with Crippen LogP contribution < -0.4 is 16.4 Å². The minimum atomic E-state index is -0.270. The molecular weight excluding hydrogens is 424 g/mol. The van der Waals surface area contributed by atoms with Gasteiger partial charge in [-0.25, -0.2) is 4.98 Å². The third kappa shape index (κ3) is 6.07. The number of anilines is 2. The summed E-state index contributed by atoms with van der Waals surface area (Å²) in [5.41, 5.74) is 11.1. The van der Waals surface area contributed by atoms with Crippen LogP contribution in [0.25, 0.3) is 11.1 Å². The molecule has 1 heterocycles. The van der Waals surface area contributed by atoms with Crippen molar-refractivity contribution in [1.29, 1.82) is 0 Å². The fraction of sp³-hybridized carbons (Fsp3) is 0.107. The van der Waals surface area contributed by atoms with Crippen LogP contribution >= 0.6 is 0 Å². The maximum atomic E-state index is 12.4. The van der Waals surface area contributed by atoms with Gasteiger partial charge in [0.1, 0.15) is 5.82 Å².